The molecule has 3 amide bonds. The lowest BCUT2D eigenvalue weighted by Gasteiger charge is -2.33. The molecule has 2 aliphatic rings. The fourth-order valence-corrected chi connectivity index (χ4v) is 4.85. The normalized spacial score (nSPS) is 18.8. The number of fused-ring (bicyclic) bond motifs is 1. The van der Waals surface area contributed by atoms with E-state index in [2.05, 4.69) is 27.8 Å². The standard InChI is InChI=1S/C26H31N5O3/c32-25(17-23-2-1-15-34-23)31-12-8-21(9-13-31)20-3-5-22(6-4-20)29-26(33)28-18-19-7-11-30-14-10-27-24(30)16-19/h3-7,10-11,14,16,21,23H,1-2,8-9,12-13,15,17-18H2,(H2,28,29,33). The molecule has 2 aromatic heterocycles. The topological polar surface area (TPSA) is 88.0 Å². The van der Waals surface area contributed by atoms with Gasteiger partial charge in [-0.1, -0.05) is 12.1 Å². The molecule has 4 heterocycles. The van der Waals surface area contributed by atoms with E-state index in [0.29, 0.717) is 18.9 Å². The number of aromatic nitrogens is 2. The van der Waals surface area contributed by atoms with Crippen molar-refractivity contribution < 1.29 is 14.3 Å². The number of likely N-dealkylation sites (tertiary alicyclic amines) is 1. The van der Waals surface area contributed by atoms with E-state index in [4.69, 9.17) is 4.74 Å². The van der Waals surface area contributed by atoms with Crippen molar-refractivity contribution in [3.8, 4) is 0 Å². The summed E-state index contributed by atoms with van der Waals surface area (Å²) in [6, 6.07) is 11.7. The van der Waals surface area contributed by atoms with Crippen molar-refractivity contribution in [3.05, 3.63) is 66.1 Å². The van der Waals surface area contributed by atoms with Gasteiger partial charge in [-0.15, -0.1) is 0 Å². The Kier molecular flexibility index (Phi) is 6.76. The summed E-state index contributed by atoms with van der Waals surface area (Å²) < 4.78 is 7.54. The average Bonchev–Trinajstić information content (AvgIpc) is 3.55. The first kappa shape index (κ1) is 22.4. The van der Waals surface area contributed by atoms with Gasteiger partial charge in [0.25, 0.3) is 0 Å². The highest BCUT2D eigenvalue weighted by molar-refractivity contribution is 5.89. The molecule has 178 valence electrons. The number of hydrogen-bond donors (Lipinski definition) is 2. The smallest absolute Gasteiger partial charge is 0.319 e. The Morgan fingerprint density at radius 1 is 1.06 bits per heavy atom. The monoisotopic (exact) mass is 461 g/mol. The minimum absolute atomic E-state index is 0.114. The molecular formula is C26H31N5O3. The van der Waals surface area contributed by atoms with E-state index in [1.54, 1.807) is 6.20 Å². The van der Waals surface area contributed by atoms with Gasteiger partial charge in [0.15, 0.2) is 0 Å². The molecule has 34 heavy (non-hydrogen) atoms. The number of benzene rings is 1. The van der Waals surface area contributed by atoms with E-state index in [0.717, 1.165) is 62.3 Å². The molecule has 0 saturated carbocycles. The molecule has 2 N–H and O–H groups in total. The van der Waals surface area contributed by atoms with Crippen molar-refractivity contribution in [2.45, 2.75) is 50.7 Å². The van der Waals surface area contributed by atoms with Crippen LogP contribution < -0.4 is 10.6 Å². The Hall–Kier alpha value is -3.39. The highest BCUT2D eigenvalue weighted by atomic mass is 16.5. The van der Waals surface area contributed by atoms with Crippen molar-refractivity contribution in [2.75, 3.05) is 25.0 Å². The Bertz CT molecular complexity index is 1130. The van der Waals surface area contributed by atoms with Crippen molar-refractivity contribution in [1.82, 2.24) is 19.6 Å². The lowest BCUT2D eigenvalue weighted by Crippen LogP contribution is -2.39. The van der Waals surface area contributed by atoms with Crippen LogP contribution in [0.1, 0.15) is 49.1 Å². The summed E-state index contributed by atoms with van der Waals surface area (Å²) >= 11 is 0. The maximum atomic E-state index is 12.5. The van der Waals surface area contributed by atoms with Crippen LogP contribution in [0.4, 0.5) is 10.5 Å². The van der Waals surface area contributed by atoms with Crippen LogP contribution in [0.25, 0.3) is 5.65 Å². The molecule has 2 saturated heterocycles. The number of amides is 3. The van der Waals surface area contributed by atoms with Crippen LogP contribution in [-0.2, 0) is 16.1 Å². The quantitative estimate of drug-likeness (QED) is 0.582. The third-order valence-electron chi connectivity index (χ3n) is 6.83. The number of anilines is 1. The lowest BCUT2D eigenvalue weighted by molar-refractivity contribution is -0.134. The first-order valence-electron chi connectivity index (χ1n) is 12.1. The first-order valence-corrected chi connectivity index (χ1v) is 12.1. The number of piperidine rings is 1. The number of pyridine rings is 1. The van der Waals surface area contributed by atoms with Crippen LogP contribution >= 0.6 is 0 Å². The van der Waals surface area contributed by atoms with Gasteiger partial charge in [0, 0.05) is 50.5 Å². The van der Waals surface area contributed by atoms with Crippen molar-refractivity contribution in [1.29, 1.82) is 0 Å². The maximum Gasteiger partial charge on any atom is 0.319 e. The van der Waals surface area contributed by atoms with Crippen LogP contribution in [0.3, 0.4) is 0 Å². The van der Waals surface area contributed by atoms with E-state index >= 15 is 0 Å². The number of urea groups is 1. The average molecular weight is 462 g/mol. The van der Waals surface area contributed by atoms with Gasteiger partial charge in [0.05, 0.1) is 12.5 Å². The van der Waals surface area contributed by atoms with Gasteiger partial charge < -0.3 is 24.7 Å². The molecule has 3 aromatic rings. The van der Waals surface area contributed by atoms with Crippen molar-refractivity contribution in [3.63, 3.8) is 0 Å². The molecule has 0 radical (unpaired) electrons. The third-order valence-corrected chi connectivity index (χ3v) is 6.83. The minimum Gasteiger partial charge on any atom is -0.378 e. The predicted octanol–water partition coefficient (Wildman–Crippen LogP) is 3.93. The largest absolute Gasteiger partial charge is 0.378 e. The Morgan fingerprint density at radius 3 is 2.65 bits per heavy atom. The number of nitrogens with zero attached hydrogens (tertiary/aromatic N) is 3. The summed E-state index contributed by atoms with van der Waals surface area (Å²) in [6.07, 6.45) is 10.2. The molecule has 2 aliphatic heterocycles. The zero-order chi connectivity index (χ0) is 23.3. The summed E-state index contributed by atoms with van der Waals surface area (Å²) in [4.78, 5) is 31.1. The Labute approximate surface area is 199 Å². The number of ether oxygens (including phenoxy) is 1. The van der Waals surface area contributed by atoms with E-state index in [-0.39, 0.29) is 18.0 Å². The summed E-state index contributed by atoms with van der Waals surface area (Å²) in [7, 11) is 0. The zero-order valence-electron chi connectivity index (χ0n) is 19.3. The number of carbonyl (C=O) groups is 2. The molecule has 0 aliphatic carbocycles. The summed E-state index contributed by atoms with van der Waals surface area (Å²) in [5.74, 6) is 0.660. The highest BCUT2D eigenvalue weighted by Gasteiger charge is 2.27. The van der Waals surface area contributed by atoms with Crippen molar-refractivity contribution in [2.24, 2.45) is 0 Å². The van der Waals surface area contributed by atoms with Crippen molar-refractivity contribution >= 4 is 23.3 Å². The van der Waals surface area contributed by atoms with Gasteiger partial charge in [-0.05, 0) is 67.0 Å². The van der Waals surface area contributed by atoms with E-state index in [1.165, 1.54) is 5.56 Å². The second kappa shape index (κ2) is 10.3. The van der Waals surface area contributed by atoms with Crippen LogP contribution in [-0.4, -0.2) is 52.0 Å². The molecule has 1 unspecified atom stereocenters. The minimum atomic E-state index is -0.242. The summed E-state index contributed by atoms with van der Waals surface area (Å²) in [5, 5.41) is 5.79. The second-order valence-electron chi connectivity index (χ2n) is 9.15. The molecule has 0 bridgehead atoms. The van der Waals surface area contributed by atoms with Crippen LogP contribution in [0.15, 0.2) is 55.0 Å². The molecule has 8 nitrogen and oxygen atoms in total. The fourth-order valence-electron chi connectivity index (χ4n) is 4.85. The fraction of sp³-hybridized carbons (Fsp3) is 0.423. The van der Waals surface area contributed by atoms with Crippen LogP contribution in [0, 0.1) is 0 Å². The summed E-state index contributed by atoms with van der Waals surface area (Å²) in [6.45, 7) is 2.80. The van der Waals surface area contributed by atoms with Crippen LogP contribution in [0.2, 0.25) is 0 Å². The molecule has 5 rings (SSSR count). The zero-order valence-corrected chi connectivity index (χ0v) is 19.3. The number of nitrogens with one attached hydrogen (secondary N) is 2. The number of rotatable bonds is 6. The molecular weight excluding hydrogens is 430 g/mol. The van der Waals surface area contributed by atoms with E-state index in [9.17, 15) is 9.59 Å². The maximum absolute atomic E-state index is 12.5. The SMILES string of the molecule is O=C(NCc1ccn2ccnc2c1)Nc1ccc(C2CCN(C(=O)CC3CCCO3)CC2)cc1. The van der Waals surface area contributed by atoms with Gasteiger partial charge in [0.2, 0.25) is 5.91 Å². The van der Waals surface area contributed by atoms with Gasteiger partial charge >= 0.3 is 6.03 Å². The Morgan fingerprint density at radius 2 is 1.88 bits per heavy atom. The molecule has 2 fully saturated rings. The van der Waals surface area contributed by atoms with Gasteiger partial charge in [-0.3, -0.25) is 4.79 Å². The predicted molar refractivity (Wildman–Crippen MR) is 130 cm³/mol. The molecule has 0 spiro atoms. The molecule has 1 atom stereocenters. The first-order chi connectivity index (χ1) is 16.6. The molecule has 8 heteroatoms. The second-order valence-corrected chi connectivity index (χ2v) is 9.15. The lowest BCUT2D eigenvalue weighted by atomic mass is 9.89. The number of hydrogen-bond acceptors (Lipinski definition) is 4. The molecule has 1 aromatic carbocycles. The Balaban J connectivity index is 1.07. The number of carbonyl (C=O) groups excluding carboxylic acids is 2. The summed E-state index contributed by atoms with van der Waals surface area (Å²) in [5.41, 5.74) is 3.86. The third kappa shape index (κ3) is 5.39. The van der Waals surface area contributed by atoms with Gasteiger partial charge in [-0.2, -0.15) is 0 Å². The number of imidazole rings is 1. The highest BCUT2D eigenvalue weighted by Crippen LogP contribution is 2.29. The van der Waals surface area contributed by atoms with Gasteiger partial charge in [0.1, 0.15) is 5.65 Å². The van der Waals surface area contributed by atoms with Crippen LogP contribution in [0.5, 0.6) is 0 Å². The van der Waals surface area contributed by atoms with Gasteiger partial charge in [-0.25, -0.2) is 9.78 Å². The van der Waals surface area contributed by atoms with E-state index in [1.807, 2.05) is 46.0 Å². The van der Waals surface area contributed by atoms with E-state index < -0.39 is 0 Å².